The fourth-order valence-electron chi connectivity index (χ4n) is 1.75. The molecule has 0 aromatic heterocycles. The fraction of sp³-hybridized carbons (Fsp3) is 0.462. The third-order valence-electron chi connectivity index (χ3n) is 2.47. The topological polar surface area (TPSA) is 75.8 Å². The van der Waals surface area contributed by atoms with Crippen molar-refractivity contribution in [1.29, 1.82) is 0 Å². The van der Waals surface area contributed by atoms with E-state index in [2.05, 4.69) is 0 Å². The number of ether oxygens (including phenoxy) is 1. The lowest BCUT2D eigenvalue weighted by Crippen LogP contribution is -2.28. The molecule has 1 unspecified atom stereocenters. The van der Waals surface area contributed by atoms with E-state index >= 15 is 0 Å². The van der Waals surface area contributed by atoms with Crippen molar-refractivity contribution >= 4 is 17.3 Å². The van der Waals surface area contributed by atoms with E-state index in [1.165, 1.54) is 0 Å². The number of carbonyl (C=O) groups is 1. The highest BCUT2D eigenvalue weighted by molar-refractivity contribution is 5.97. The Morgan fingerprint density at radius 2 is 2.22 bits per heavy atom. The smallest absolute Gasteiger partial charge is 0.340 e. The molecule has 0 aliphatic rings. The maximum Gasteiger partial charge on any atom is 0.340 e. The zero-order valence-electron chi connectivity index (χ0n) is 11.0. The number of benzene rings is 1. The van der Waals surface area contributed by atoms with Gasteiger partial charge in [-0.1, -0.05) is 0 Å². The van der Waals surface area contributed by atoms with E-state index in [1.807, 2.05) is 0 Å². The molecule has 0 bridgehead atoms. The van der Waals surface area contributed by atoms with E-state index < -0.39 is 12.1 Å². The minimum atomic E-state index is -0.484. The summed E-state index contributed by atoms with van der Waals surface area (Å²) in [6.45, 7) is 4.19. The molecule has 5 nitrogen and oxygen atoms in total. The molecule has 100 valence electrons. The summed E-state index contributed by atoms with van der Waals surface area (Å²) in [5, 5.41) is 9.39. The number of nitrogen functional groups attached to an aromatic ring is 1. The second-order valence-corrected chi connectivity index (χ2v) is 4.23. The van der Waals surface area contributed by atoms with Crippen LogP contribution in [-0.4, -0.2) is 37.4 Å². The molecule has 0 radical (unpaired) electrons. The van der Waals surface area contributed by atoms with Gasteiger partial charge in [-0.05, 0) is 32.0 Å². The third kappa shape index (κ3) is 3.63. The van der Waals surface area contributed by atoms with Crippen LogP contribution in [-0.2, 0) is 4.74 Å². The molecule has 1 aromatic carbocycles. The Morgan fingerprint density at radius 1 is 1.56 bits per heavy atom. The van der Waals surface area contributed by atoms with E-state index in [1.54, 1.807) is 44.0 Å². The molecule has 18 heavy (non-hydrogen) atoms. The number of esters is 1. The molecule has 0 amide bonds. The van der Waals surface area contributed by atoms with E-state index in [9.17, 15) is 9.90 Å². The van der Waals surface area contributed by atoms with Crippen LogP contribution in [0.2, 0.25) is 0 Å². The maximum atomic E-state index is 11.8. The zero-order valence-corrected chi connectivity index (χ0v) is 11.0. The first kappa shape index (κ1) is 14.3. The van der Waals surface area contributed by atoms with Crippen molar-refractivity contribution < 1.29 is 14.6 Å². The standard InChI is InChI=1S/C13H20N2O3/c1-4-18-13(17)11-7-10(14)5-6-12(11)15(3)8-9(2)16/h5-7,9,16H,4,8,14H2,1-3H3. The molecular weight excluding hydrogens is 232 g/mol. The van der Waals surface area contributed by atoms with Crippen LogP contribution in [0.1, 0.15) is 24.2 Å². The van der Waals surface area contributed by atoms with Crippen LogP contribution in [0.3, 0.4) is 0 Å². The predicted molar refractivity (Wildman–Crippen MR) is 71.8 cm³/mol. The average molecular weight is 252 g/mol. The lowest BCUT2D eigenvalue weighted by atomic mass is 10.1. The lowest BCUT2D eigenvalue weighted by molar-refractivity contribution is 0.0527. The molecule has 1 atom stereocenters. The molecule has 0 spiro atoms. The molecule has 0 saturated heterocycles. The van der Waals surface area contributed by atoms with Gasteiger partial charge in [0.25, 0.3) is 0 Å². The first-order valence-electron chi connectivity index (χ1n) is 5.91. The Kier molecular flexibility index (Phi) is 4.97. The summed E-state index contributed by atoms with van der Waals surface area (Å²) in [6, 6.07) is 5.06. The van der Waals surface area contributed by atoms with Crippen LogP contribution < -0.4 is 10.6 Å². The van der Waals surface area contributed by atoms with Gasteiger partial charge in [0.15, 0.2) is 0 Å². The molecule has 3 N–H and O–H groups in total. The average Bonchev–Trinajstić information content (AvgIpc) is 2.28. The second-order valence-electron chi connectivity index (χ2n) is 4.23. The van der Waals surface area contributed by atoms with Gasteiger partial charge in [0.2, 0.25) is 0 Å². The zero-order chi connectivity index (χ0) is 13.7. The Labute approximate surface area is 107 Å². The minimum Gasteiger partial charge on any atom is -0.462 e. The number of anilines is 2. The number of hydrogen-bond donors (Lipinski definition) is 2. The summed E-state index contributed by atoms with van der Waals surface area (Å²) >= 11 is 0. The Bertz CT molecular complexity index is 419. The van der Waals surface area contributed by atoms with Gasteiger partial charge < -0.3 is 20.5 Å². The highest BCUT2D eigenvalue weighted by Gasteiger charge is 2.16. The largest absolute Gasteiger partial charge is 0.462 e. The lowest BCUT2D eigenvalue weighted by Gasteiger charge is -2.23. The highest BCUT2D eigenvalue weighted by Crippen LogP contribution is 2.23. The van der Waals surface area contributed by atoms with Gasteiger partial charge in [-0.3, -0.25) is 0 Å². The van der Waals surface area contributed by atoms with Crippen molar-refractivity contribution in [1.82, 2.24) is 0 Å². The molecule has 5 heteroatoms. The van der Waals surface area contributed by atoms with Crippen LogP contribution in [0.25, 0.3) is 0 Å². The number of aliphatic hydroxyl groups is 1. The summed E-state index contributed by atoms with van der Waals surface area (Å²) in [5.74, 6) is -0.405. The van der Waals surface area contributed by atoms with Crippen LogP contribution in [0.15, 0.2) is 18.2 Å². The minimum absolute atomic E-state index is 0.313. The molecular formula is C13H20N2O3. The predicted octanol–water partition coefficient (Wildman–Crippen LogP) is 1.26. The SMILES string of the molecule is CCOC(=O)c1cc(N)ccc1N(C)CC(C)O. The van der Waals surface area contributed by atoms with E-state index in [0.717, 1.165) is 0 Å². The number of nitrogens with zero attached hydrogens (tertiary/aromatic N) is 1. The summed E-state index contributed by atoms with van der Waals surface area (Å²) in [5.41, 5.74) is 7.31. The van der Waals surface area contributed by atoms with E-state index in [0.29, 0.717) is 30.1 Å². The second kappa shape index (κ2) is 6.26. The summed E-state index contributed by atoms with van der Waals surface area (Å²) in [7, 11) is 1.81. The van der Waals surface area contributed by atoms with Crippen molar-refractivity contribution in [2.45, 2.75) is 20.0 Å². The molecule has 1 aromatic rings. The van der Waals surface area contributed by atoms with Gasteiger partial charge in [0.1, 0.15) is 0 Å². The monoisotopic (exact) mass is 252 g/mol. The number of carbonyl (C=O) groups excluding carboxylic acids is 1. The quantitative estimate of drug-likeness (QED) is 0.609. The van der Waals surface area contributed by atoms with Crippen molar-refractivity contribution in [2.24, 2.45) is 0 Å². The van der Waals surface area contributed by atoms with Gasteiger partial charge in [-0.25, -0.2) is 4.79 Å². The fourth-order valence-corrected chi connectivity index (χ4v) is 1.75. The van der Waals surface area contributed by atoms with Gasteiger partial charge in [-0.2, -0.15) is 0 Å². The number of likely N-dealkylation sites (N-methyl/N-ethyl adjacent to an activating group) is 1. The molecule has 0 aliphatic carbocycles. The van der Waals surface area contributed by atoms with Crippen LogP contribution in [0, 0.1) is 0 Å². The van der Waals surface area contributed by atoms with Crippen LogP contribution in [0.4, 0.5) is 11.4 Å². The van der Waals surface area contributed by atoms with Crippen molar-refractivity contribution in [3.05, 3.63) is 23.8 Å². The number of aliphatic hydroxyl groups excluding tert-OH is 1. The molecule has 1 rings (SSSR count). The normalized spacial score (nSPS) is 12.0. The van der Waals surface area contributed by atoms with Crippen LogP contribution >= 0.6 is 0 Å². The molecule has 0 aliphatic heterocycles. The van der Waals surface area contributed by atoms with Gasteiger partial charge in [-0.15, -0.1) is 0 Å². The molecule has 0 saturated carbocycles. The summed E-state index contributed by atoms with van der Waals surface area (Å²) in [4.78, 5) is 13.6. The first-order valence-corrected chi connectivity index (χ1v) is 5.91. The van der Waals surface area contributed by atoms with Gasteiger partial charge >= 0.3 is 5.97 Å². The third-order valence-corrected chi connectivity index (χ3v) is 2.47. The Hall–Kier alpha value is -1.75. The van der Waals surface area contributed by atoms with Crippen molar-refractivity contribution in [3.63, 3.8) is 0 Å². The summed E-state index contributed by atoms with van der Waals surface area (Å²) in [6.07, 6.45) is -0.484. The van der Waals surface area contributed by atoms with E-state index in [-0.39, 0.29) is 0 Å². The van der Waals surface area contributed by atoms with Crippen molar-refractivity contribution in [2.75, 3.05) is 30.8 Å². The van der Waals surface area contributed by atoms with Gasteiger partial charge in [0, 0.05) is 19.3 Å². The number of hydrogen-bond acceptors (Lipinski definition) is 5. The maximum absolute atomic E-state index is 11.8. The Balaban J connectivity index is 3.06. The Morgan fingerprint density at radius 3 is 2.78 bits per heavy atom. The van der Waals surface area contributed by atoms with Gasteiger partial charge in [0.05, 0.1) is 24.0 Å². The molecule has 0 fully saturated rings. The van der Waals surface area contributed by atoms with Crippen molar-refractivity contribution in [3.8, 4) is 0 Å². The summed E-state index contributed by atoms with van der Waals surface area (Å²) < 4.78 is 5.00. The number of nitrogens with two attached hydrogens (primary N) is 1. The molecule has 0 heterocycles. The number of rotatable bonds is 5. The first-order chi connectivity index (χ1) is 8.45. The van der Waals surface area contributed by atoms with Crippen LogP contribution in [0.5, 0.6) is 0 Å². The highest BCUT2D eigenvalue weighted by atomic mass is 16.5. The van der Waals surface area contributed by atoms with E-state index in [4.69, 9.17) is 10.5 Å².